The summed E-state index contributed by atoms with van der Waals surface area (Å²) in [6, 6.07) is 4.15. The summed E-state index contributed by atoms with van der Waals surface area (Å²) in [7, 11) is 0. The van der Waals surface area contributed by atoms with Crippen molar-refractivity contribution in [1.29, 1.82) is 0 Å². The molecule has 0 fully saturated rings. The molecule has 3 nitrogen and oxygen atoms in total. The third kappa shape index (κ3) is 3.63. The molecule has 0 radical (unpaired) electrons. The van der Waals surface area contributed by atoms with Gasteiger partial charge in [-0.25, -0.2) is 0 Å². The zero-order chi connectivity index (χ0) is 14.3. The van der Waals surface area contributed by atoms with Crippen molar-refractivity contribution in [2.45, 2.75) is 46.6 Å². The van der Waals surface area contributed by atoms with Crippen LogP contribution < -0.4 is 15.2 Å². The summed E-state index contributed by atoms with van der Waals surface area (Å²) >= 11 is 0. The Labute approximate surface area is 116 Å². The van der Waals surface area contributed by atoms with E-state index in [-0.39, 0.29) is 11.0 Å². The van der Waals surface area contributed by atoms with Crippen LogP contribution in [0.4, 0.5) is 0 Å². The topological polar surface area (TPSA) is 44.5 Å². The normalized spacial score (nSPS) is 18.0. The monoisotopic (exact) mass is 263 g/mol. The molecule has 106 valence electrons. The molecule has 0 amide bonds. The maximum Gasteiger partial charge on any atom is 0.161 e. The molecule has 0 aromatic heterocycles. The number of rotatable bonds is 2. The van der Waals surface area contributed by atoms with Gasteiger partial charge in [0.2, 0.25) is 0 Å². The average molecular weight is 263 g/mol. The molecule has 0 aliphatic carbocycles. The fourth-order valence-electron chi connectivity index (χ4n) is 2.20. The molecule has 1 aliphatic heterocycles. The van der Waals surface area contributed by atoms with Crippen LogP contribution in [0, 0.1) is 12.3 Å². The fraction of sp³-hybridized carbons (Fsp3) is 0.625. The number of benzene rings is 1. The smallest absolute Gasteiger partial charge is 0.161 e. The predicted molar refractivity (Wildman–Crippen MR) is 77.9 cm³/mol. The minimum Gasteiger partial charge on any atom is -0.489 e. The Hall–Kier alpha value is -1.22. The Balaban J connectivity index is 2.31. The minimum atomic E-state index is -0.218. The van der Waals surface area contributed by atoms with Crippen LogP contribution in [0.15, 0.2) is 12.1 Å². The summed E-state index contributed by atoms with van der Waals surface area (Å²) in [4.78, 5) is 0. The fourth-order valence-corrected chi connectivity index (χ4v) is 2.20. The molecule has 0 unspecified atom stereocenters. The lowest BCUT2D eigenvalue weighted by molar-refractivity contribution is 0.140. The number of hydrogen-bond acceptors (Lipinski definition) is 3. The first-order valence-corrected chi connectivity index (χ1v) is 6.84. The molecule has 0 saturated heterocycles. The van der Waals surface area contributed by atoms with E-state index in [0.29, 0.717) is 13.2 Å². The summed E-state index contributed by atoms with van der Waals surface area (Å²) in [6.07, 6.45) is 0.832. The van der Waals surface area contributed by atoms with E-state index in [4.69, 9.17) is 15.2 Å². The quantitative estimate of drug-likeness (QED) is 0.892. The number of ether oxygens (including phenoxy) is 2. The molecule has 1 aromatic rings. The molecule has 0 saturated carbocycles. The van der Waals surface area contributed by atoms with Gasteiger partial charge in [-0.2, -0.15) is 0 Å². The van der Waals surface area contributed by atoms with Crippen LogP contribution in [0.1, 0.15) is 38.8 Å². The molecular formula is C16H25NO2. The zero-order valence-corrected chi connectivity index (χ0v) is 12.7. The van der Waals surface area contributed by atoms with Crippen LogP contribution in [0.5, 0.6) is 11.5 Å². The standard InChI is InChI=1S/C16H25NO2/c1-11-6-13-14(7-12(11)8-16(4,5)17)19-10-15(2,3)9-18-13/h6-7H,8-10,17H2,1-5H3. The molecule has 1 aromatic carbocycles. The van der Waals surface area contributed by atoms with Crippen molar-refractivity contribution in [3.05, 3.63) is 23.3 Å². The number of aryl methyl sites for hydroxylation is 1. The van der Waals surface area contributed by atoms with Crippen molar-refractivity contribution < 1.29 is 9.47 Å². The van der Waals surface area contributed by atoms with Gasteiger partial charge < -0.3 is 15.2 Å². The number of fused-ring (bicyclic) bond motifs is 1. The molecule has 2 rings (SSSR count). The lowest BCUT2D eigenvalue weighted by atomic mass is 9.93. The molecule has 1 heterocycles. The van der Waals surface area contributed by atoms with Crippen molar-refractivity contribution in [2.75, 3.05) is 13.2 Å². The maximum absolute atomic E-state index is 6.11. The largest absolute Gasteiger partial charge is 0.489 e. The molecule has 0 bridgehead atoms. The van der Waals surface area contributed by atoms with Crippen LogP contribution in [-0.2, 0) is 6.42 Å². The highest BCUT2D eigenvalue weighted by Gasteiger charge is 2.26. The maximum atomic E-state index is 6.11. The van der Waals surface area contributed by atoms with Crippen LogP contribution in [0.2, 0.25) is 0 Å². The van der Waals surface area contributed by atoms with Crippen molar-refractivity contribution in [3.63, 3.8) is 0 Å². The summed E-state index contributed by atoms with van der Waals surface area (Å²) in [5.41, 5.74) is 8.38. The minimum absolute atomic E-state index is 0.0419. The number of hydrogen-bond donors (Lipinski definition) is 1. The first kappa shape index (κ1) is 14.2. The van der Waals surface area contributed by atoms with Gasteiger partial charge in [-0.15, -0.1) is 0 Å². The molecule has 19 heavy (non-hydrogen) atoms. The summed E-state index contributed by atoms with van der Waals surface area (Å²) in [5.74, 6) is 1.69. The predicted octanol–water partition coefficient (Wildman–Crippen LogP) is 3.07. The molecule has 3 heteroatoms. The van der Waals surface area contributed by atoms with E-state index in [9.17, 15) is 0 Å². The molecular weight excluding hydrogens is 238 g/mol. The van der Waals surface area contributed by atoms with E-state index in [2.05, 4.69) is 32.9 Å². The Morgan fingerprint density at radius 3 is 2.21 bits per heavy atom. The molecule has 1 aliphatic rings. The van der Waals surface area contributed by atoms with Crippen molar-refractivity contribution >= 4 is 0 Å². The van der Waals surface area contributed by atoms with Gasteiger partial charge in [0.25, 0.3) is 0 Å². The van der Waals surface area contributed by atoms with Gasteiger partial charge in [0.15, 0.2) is 11.5 Å². The van der Waals surface area contributed by atoms with E-state index in [0.717, 1.165) is 17.9 Å². The highest BCUT2D eigenvalue weighted by Crippen LogP contribution is 2.36. The van der Waals surface area contributed by atoms with Gasteiger partial charge in [0.1, 0.15) is 0 Å². The van der Waals surface area contributed by atoms with Gasteiger partial charge in [0, 0.05) is 11.0 Å². The lowest BCUT2D eigenvalue weighted by Crippen LogP contribution is -2.34. The highest BCUT2D eigenvalue weighted by atomic mass is 16.5. The second-order valence-corrected chi connectivity index (χ2v) is 7.13. The lowest BCUT2D eigenvalue weighted by Gasteiger charge is -2.21. The molecule has 0 atom stereocenters. The summed E-state index contributed by atoms with van der Waals surface area (Å²) in [6.45, 7) is 11.8. The van der Waals surface area contributed by atoms with Crippen LogP contribution >= 0.6 is 0 Å². The second kappa shape index (κ2) is 4.71. The number of nitrogens with two attached hydrogens (primary N) is 1. The van der Waals surface area contributed by atoms with Crippen molar-refractivity contribution in [1.82, 2.24) is 0 Å². The van der Waals surface area contributed by atoms with Crippen LogP contribution in [0.25, 0.3) is 0 Å². The third-order valence-electron chi connectivity index (χ3n) is 3.29. The van der Waals surface area contributed by atoms with Gasteiger partial charge >= 0.3 is 0 Å². The van der Waals surface area contributed by atoms with Gasteiger partial charge in [-0.3, -0.25) is 0 Å². The van der Waals surface area contributed by atoms with Crippen LogP contribution in [0.3, 0.4) is 0 Å². The average Bonchev–Trinajstić information content (AvgIpc) is 2.38. The second-order valence-electron chi connectivity index (χ2n) is 7.13. The SMILES string of the molecule is Cc1cc2c(cc1CC(C)(C)N)OCC(C)(C)CO2. The Bertz CT molecular complexity index is 472. The van der Waals surface area contributed by atoms with E-state index < -0.39 is 0 Å². The molecule has 0 spiro atoms. The summed E-state index contributed by atoms with van der Waals surface area (Å²) < 4.78 is 11.8. The first-order chi connectivity index (χ1) is 8.66. The highest BCUT2D eigenvalue weighted by molar-refractivity contribution is 5.48. The zero-order valence-electron chi connectivity index (χ0n) is 12.7. The third-order valence-corrected chi connectivity index (χ3v) is 3.29. The summed E-state index contributed by atoms with van der Waals surface area (Å²) in [5, 5.41) is 0. The van der Waals surface area contributed by atoms with Crippen molar-refractivity contribution in [3.8, 4) is 11.5 Å². The van der Waals surface area contributed by atoms with Gasteiger partial charge in [-0.05, 0) is 50.5 Å². The first-order valence-electron chi connectivity index (χ1n) is 6.84. The van der Waals surface area contributed by atoms with E-state index >= 15 is 0 Å². The van der Waals surface area contributed by atoms with Crippen molar-refractivity contribution in [2.24, 2.45) is 11.1 Å². The molecule has 2 N–H and O–H groups in total. The Morgan fingerprint density at radius 1 is 1.16 bits per heavy atom. The van der Waals surface area contributed by atoms with Crippen LogP contribution in [-0.4, -0.2) is 18.8 Å². The Kier molecular flexibility index (Phi) is 3.52. The Morgan fingerprint density at radius 2 is 1.68 bits per heavy atom. The van der Waals surface area contributed by atoms with Gasteiger partial charge in [-0.1, -0.05) is 13.8 Å². The van der Waals surface area contributed by atoms with Gasteiger partial charge in [0.05, 0.1) is 13.2 Å². The van der Waals surface area contributed by atoms with E-state index in [1.165, 1.54) is 11.1 Å². The van der Waals surface area contributed by atoms with E-state index in [1.54, 1.807) is 0 Å². The van der Waals surface area contributed by atoms with E-state index in [1.807, 2.05) is 13.8 Å².